The second-order valence-corrected chi connectivity index (χ2v) is 3.05. The van der Waals surface area contributed by atoms with E-state index in [4.69, 9.17) is 16.6 Å². The first-order valence-corrected chi connectivity index (χ1v) is 4.91. The lowest BCUT2D eigenvalue weighted by atomic mass is 10.1. The number of azide groups is 3. The van der Waals surface area contributed by atoms with Crippen molar-refractivity contribution >= 4 is 0 Å². The molecule has 0 radical (unpaired) electrons. The fourth-order valence-electron chi connectivity index (χ4n) is 1.22. The lowest BCUT2D eigenvalue weighted by molar-refractivity contribution is 0.532. The van der Waals surface area contributed by atoms with Crippen LogP contribution in [0.5, 0.6) is 0 Å². The van der Waals surface area contributed by atoms with Crippen LogP contribution in [0.3, 0.4) is 0 Å². The molecular weight excluding hydrogens is 210 g/mol. The smallest absolute Gasteiger partial charge is 0.0374 e. The molecule has 0 unspecified atom stereocenters. The van der Waals surface area contributed by atoms with Gasteiger partial charge in [0.15, 0.2) is 0 Å². The van der Waals surface area contributed by atoms with Crippen molar-refractivity contribution in [2.24, 2.45) is 15.3 Å². The van der Waals surface area contributed by atoms with Gasteiger partial charge in [-0.05, 0) is 42.3 Å². The number of hydrogen-bond acceptors (Lipinski definition) is 3. The largest absolute Gasteiger partial charge is 0.0940 e. The van der Waals surface area contributed by atoms with Gasteiger partial charge < -0.3 is 0 Å². The summed E-state index contributed by atoms with van der Waals surface area (Å²) in [5, 5.41) is 10.4. The molecule has 9 heteroatoms. The van der Waals surface area contributed by atoms with Crippen LogP contribution in [0.2, 0.25) is 0 Å². The Kier molecular flexibility index (Phi) is 9.58. The van der Waals surface area contributed by atoms with Gasteiger partial charge in [0.2, 0.25) is 0 Å². The summed E-state index contributed by atoms with van der Waals surface area (Å²) in [6, 6.07) is -0.118. The number of nitrogens with zero attached hydrogens (tertiary/aromatic N) is 9. The van der Waals surface area contributed by atoms with E-state index in [1.165, 1.54) is 0 Å². The van der Waals surface area contributed by atoms with E-state index >= 15 is 0 Å². The van der Waals surface area contributed by atoms with Gasteiger partial charge in [-0.2, -0.15) is 0 Å². The molecule has 0 aliphatic rings. The minimum absolute atomic E-state index is 0.118. The van der Waals surface area contributed by atoms with Gasteiger partial charge >= 0.3 is 0 Å². The summed E-state index contributed by atoms with van der Waals surface area (Å²) in [5.41, 5.74) is 24.5. The van der Waals surface area contributed by atoms with Gasteiger partial charge in [-0.15, -0.1) is 0 Å². The Balaban J connectivity index is 3.82. The number of hydrogen-bond donors (Lipinski definition) is 0. The third-order valence-electron chi connectivity index (χ3n) is 1.93. The lowest BCUT2D eigenvalue weighted by Crippen LogP contribution is -2.04. The van der Waals surface area contributed by atoms with Crippen LogP contribution in [0.4, 0.5) is 0 Å². The van der Waals surface area contributed by atoms with Crippen molar-refractivity contribution in [2.75, 3.05) is 13.1 Å². The molecule has 0 spiro atoms. The molecule has 0 aromatic heterocycles. The molecule has 0 fully saturated rings. The van der Waals surface area contributed by atoms with Gasteiger partial charge in [0, 0.05) is 33.9 Å². The van der Waals surface area contributed by atoms with E-state index in [0.717, 1.165) is 0 Å². The third-order valence-corrected chi connectivity index (χ3v) is 1.93. The zero-order chi connectivity index (χ0) is 12.1. The van der Waals surface area contributed by atoms with Crippen molar-refractivity contribution in [1.82, 2.24) is 0 Å². The molecule has 0 bridgehead atoms. The molecule has 16 heavy (non-hydrogen) atoms. The summed E-state index contributed by atoms with van der Waals surface area (Å²) in [6.45, 7) is 0.814. The highest BCUT2D eigenvalue weighted by Crippen LogP contribution is 2.10. The first kappa shape index (κ1) is 13.9. The molecule has 0 aromatic rings. The third kappa shape index (κ3) is 8.52. The lowest BCUT2D eigenvalue weighted by Gasteiger charge is -2.08. The summed E-state index contributed by atoms with van der Waals surface area (Å²) >= 11 is 0. The van der Waals surface area contributed by atoms with Gasteiger partial charge in [-0.3, -0.25) is 0 Å². The first-order valence-electron chi connectivity index (χ1n) is 4.91. The maximum Gasteiger partial charge on any atom is 0.0374 e. The second kappa shape index (κ2) is 11.0. The average Bonchev–Trinajstić information content (AvgIpc) is 2.30. The van der Waals surface area contributed by atoms with Crippen molar-refractivity contribution < 1.29 is 0 Å². The first-order chi connectivity index (χ1) is 7.85. The van der Waals surface area contributed by atoms with E-state index in [-0.39, 0.29) is 6.04 Å². The fraction of sp³-hybridized carbons (Fsp3) is 1.00. The van der Waals surface area contributed by atoms with Crippen LogP contribution < -0.4 is 0 Å². The predicted octanol–water partition coefficient (Wildman–Crippen LogP) is 3.85. The van der Waals surface area contributed by atoms with Gasteiger partial charge in [0.1, 0.15) is 0 Å². The van der Waals surface area contributed by atoms with E-state index in [1.807, 2.05) is 0 Å². The van der Waals surface area contributed by atoms with Gasteiger partial charge in [-0.25, -0.2) is 0 Å². The Morgan fingerprint density at radius 2 is 1.31 bits per heavy atom. The van der Waals surface area contributed by atoms with E-state index in [1.54, 1.807) is 0 Å². The van der Waals surface area contributed by atoms with Crippen LogP contribution >= 0.6 is 0 Å². The molecule has 86 valence electrons. The molecule has 9 nitrogen and oxygen atoms in total. The summed E-state index contributed by atoms with van der Waals surface area (Å²) < 4.78 is 0. The maximum absolute atomic E-state index is 8.34. The Morgan fingerprint density at radius 1 is 0.812 bits per heavy atom. The van der Waals surface area contributed by atoms with Crippen molar-refractivity contribution in [2.45, 2.75) is 31.7 Å². The van der Waals surface area contributed by atoms with Crippen molar-refractivity contribution in [3.8, 4) is 0 Å². The van der Waals surface area contributed by atoms with Crippen molar-refractivity contribution in [3.05, 3.63) is 31.3 Å². The molecule has 0 aromatic carbocycles. The molecule has 0 aliphatic carbocycles. The van der Waals surface area contributed by atoms with Crippen LogP contribution in [-0.2, 0) is 0 Å². The summed E-state index contributed by atoms with van der Waals surface area (Å²) in [5.74, 6) is 0. The molecule has 0 saturated heterocycles. The summed E-state index contributed by atoms with van der Waals surface area (Å²) in [4.78, 5) is 8.01. The topological polar surface area (TPSA) is 146 Å². The minimum atomic E-state index is -0.118. The summed E-state index contributed by atoms with van der Waals surface area (Å²) in [7, 11) is 0. The standard InChI is InChI=1S/C7H13N9/c8-14-11-5-1-3-7(13-16-10)4-2-6-12-15-9/h7H,1-6H2. The molecule has 0 aliphatic heterocycles. The second-order valence-electron chi connectivity index (χ2n) is 3.05. The fourth-order valence-corrected chi connectivity index (χ4v) is 1.22. The van der Waals surface area contributed by atoms with Crippen molar-refractivity contribution in [1.29, 1.82) is 0 Å². The molecule has 0 rings (SSSR count). The highest BCUT2D eigenvalue weighted by atomic mass is 15.2. The van der Waals surface area contributed by atoms with Crippen molar-refractivity contribution in [3.63, 3.8) is 0 Å². The molecule has 0 N–H and O–H groups in total. The minimum Gasteiger partial charge on any atom is -0.0940 e. The zero-order valence-corrected chi connectivity index (χ0v) is 8.84. The Hall–Kier alpha value is -2.07. The molecule has 0 heterocycles. The predicted molar refractivity (Wildman–Crippen MR) is 59.4 cm³/mol. The van der Waals surface area contributed by atoms with Crippen LogP contribution in [-0.4, -0.2) is 19.1 Å². The van der Waals surface area contributed by atoms with E-state index < -0.39 is 0 Å². The SMILES string of the molecule is [N-]=[N+]=NCCCC(CCCN=[N+]=[N-])N=[N+]=[N-]. The van der Waals surface area contributed by atoms with Crippen LogP contribution in [0, 0.1) is 0 Å². The Morgan fingerprint density at radius 3 is 1.69 bits per heavy atom. The molecule has 0 saturated carbocycles. The normalized spacial score (nSPS) is 10.5. The van der Waals surface area contributed by atoms with Crippen LogP contribution in [0.25, 0.3) is 31.3 Å². The Labute approximate surface area is 92.3 Å². The molecular formula is C7H13N9. The van der Waals surface area contributed by atoms with E-state index in [9.17, 15) is 0 Å². The quantitative estimate of drug-likeness (QED) is 0.242. The van der Waals surface area contributed by atoms with Crippen LogP contribution in [0.15, 0.2) is 15.3 Å². The highest BCUT2D eigenvalue weighted by molar-refractivity contribution is 4.68. The number of rotatable bonds is 9. The summed E-state index contributed by atoms with van der Waals surface area (Å²) in [6.07, 6.45) is 2.74. The maximum atomic E-state index is 8.34. The monoisotopic (exact) mass is 223 g/mol. The molecule has 0 amide bonds. The van der Waals surface area contributed by atoms with E-state index in [2.05, 4.69) is 30.1 Å². The van der Waals surface area contributed by atoms with Gasteiger partial charge in [-0.1, -0.05) is 15.3 Å². The van der Waals surface area contributed by atoms with E-state index in [0.29, 0.717) is 38.8 Å². The highest BCUT2D eigenvalue weighted by Gasteiger charge is 2.04. The van der Waals surface area contributed by atoms with Gasteiger partial charge in [0.05, 0.1) is 0 Å². The zero-order valence-electron chi connectivity index (χ0n) is 8.84. The molecule has 0 atom stereocenters. The Bertz CT molecular complexity index is 295. The average molecular weight is 223 g/mol. The van der Waals surface area contributed by atoms with Crippen LogP contribution in [0.1, 0.15) is 25.7 Å². The van der Waals surface area contributed by atoms with Gasteiger partial charge in [0.25, 0.3) is 0 Å².